The van der Waals surface area contributed by atoms with E-state index < -0.39 is 38.3 Å². The van der Waals surface area contributed by atoms with Crippen LogP contribution in [0.5, 0.6) is 17.2 Å². The number of halogens is 2. The Hall–Kier alpha value is -2.92. The van der Waals surface area contributed by atoms with Crippen molar-refractivity contribution in [3.8, 4) is 17.2 Å². The maximum atomic E-state index is 14.1. The summed E-state index contributed by atoms with van der Waals surface area (Å²) in [5, 5.41) is -1.33. The molecule has 34 heavy (non-hydrogen) atoms. The zero-order valence-electron chi connectivity index (χ0n) is 19.3. The molecule has 1 aliphatic rings. The predicted molar refractivity (Wildman–Crippen MR) is 120 cm³/mol. The van der Waals surface area contributed by atoms with Gasteiger partial charge in [-0.1, -0.05) is 13.0 Å². The molecule has 0 radical (unpaired) electrons. The van der Waals surface area contributed by atoms with Crippen LogP contribution in [0.15, 0.2) is 30.3 Å². The second-order valence-electron chi connectivity index (χ2n) is 8.09. The molecule has 2 aromatic carbocycles. The highest BCUT2D eigenvalue weighted by molar-refractivity contribution is 7.86. The third-order valence-corrected chi connectivity index (χ3v) is 7.84. The summed E-state index contributed by atoms with van der Waals surface area (Å²) >= 11 is 0. The van der Waals surface area contributed by atoms with Crippen molar-refractivity contribution in [2.75, 3.05) is 34.4 Å². The van der Waals surface area contributed by atoms with Crippen molar-refractivity contribution in [3.05, 3.63) is 53.1 Å². The Morgan fingerprint density at radius 2 is 1.71 bits per heavy atom. The monoisotopic (exact) mass is 499 g/mol. The molecule has 2 unspecified atom stereocenters. The van der Waals surface area contributed by atoms with Gasteiger partial charge in [0.2, 0.25) is 5.75 Å². The Labute approximate surface area is 197 Å². The zero-order chi connectivity index (χ0) is 25.3. The van der Waals surface area contributed by atoms with E-state index in [-0.39, 0.29) is 48.6 Å². The molecule has 8 nitrogen and oxygen atoms in total. The molecule has 1 saturated heterocycles. The van der Waals surface area contributed by atoms with Gasteiger partial charge in [-0.05, 0) is 42.7 Å². The van der Waals surface area contributed by atoms with Gasteiger partial charge in [0.25, 0.3) is 16.0 Å². The zero-order valence-corrected chi connectivity index (χ0v) is 20.1. The summed E-state index contributed by atoms with van der Waals surface area (Å²) in [5.41, 5.74) is -0.945. The lowest BCUT2D eigenvalue weighted by Crippen LogP contribution is -2.47. The van der Waals surface area contributed by atoms with Crippen molar-refractivity contribution in [2.45, 2.75) is 30.4 Å². The molecule has 11 heteroatoms. The number of likely N-dealkylation sites (tertiary alicyclic amines) is 1. The van der Waals surface area contributed by atoms with E-state index in [9.17, 15) is 26.5 Å². The Morgan fingerprint density at radius 3 is 2.18 bits per heavy atom. The maximum absolute atomic E-state index is 14.1. The van der Waals surface area contributed by atoms with Crippen LogP contribution in [0.25, 0.3) is 0 Å². The van der Waals surface area contributed by atoms with Crippen molar-refractivity contribution < 1.29 is 40.8 Å². The highest BCUT2D eigenvalue weighted by Crippen LogP contribution is 2.44. The number of hydrogen-bond acceptors (Lipinski definition) is 6. The van der Waals surface area contributed by atoms with Crippen molar-refractivity contribution in [1.29, 1.82) is 0 Å². The van der Waals surface area contributed by atoms with Gasteiger partial charge in [-0.15, -0.1) is 0 Å². The van der Waals surface area contributed by atoms with Crippen LogP contribution in [0.2, 0.25) is 0 Å². The topological polar surface area (TPSA) is 102 Å². The normalized spacial score (nSPS) is 19.1. The average Bonchev–Trinajstić information content (AvgIpc) is 3.24. The van der Waals surface area contributed by atoms with Crippen molar-refractivity contribution in [2.24, 2.45) is 0 Å². The Balaban J connectivity index is 2.07. The summed E-state index contributed by atoms with van der Waals surface area (Å²) in [6, 6.07) is 6.08. The molecule has 1 aliphatic heterocycles. The van der Waals surface area contributed by atoms with Crippen LogP contribution in [-0.2, 0) is 15.5 Å². The van der Waals surface area contributed by atoms with Crippen LogP contribution >= 0.6 is 0 Å². The lowest BCUT2D eigenvalue weighted by Gasteiger charge is -2.36. The van der Waals surface area contributed by atoms with E-state index in [0.717, 1.165) is 12.1 Å². The molecule has 0 bridgehead atoms. The molecular weight excluding hydrogens is 472 g/mol. The minimum atomic E-state index is -4.58. The van der Waals surface area contributed by atoms with Crippen LogP contribution in [0.4, 0.5) is 8.78 Å². The number of carbonyl (C=O) groups is 1. The number of benzene rings is 2. The largest absolute Gasteiger partial charge is 0.493 e. The fourth-order valence-electron chi connectivity index (χ4n) is 4.77. The standard InChI is InChI=1S/C23H27F2NO7S/c1-5-20(34(28,29)30)23(15-6-7-16(24)17(25)12-15)8-9-26(13-23)22(27)14-10-18(31-2)21(33-4)19(11-14)32-3/h6-7,10-12,20H,5,8-9,13H2,1-4H3,(H,28,29,30). The summed E-state index contributed by atoms with van der Waals surface area (Å²) < 4.78 is 78.2. The Bertz CT molecular complexity index is 1160. The first-order valence-electron chi connectivity index (χ1n) is 10.5. The fraction of sp³-hybridized carbons (Fsp3) is 0.435. The second-order valence-corrected chi connectivity index (χ2v) is 9.69. The number of methoxy groups -OCH3 is 3. The molecule has 0 aromatic heterocycles. The summed E-state index contributed by atoms with van der Waals surface area (Å²) in [5.74, 6) is -1.84. The van der Waals surface area contributed by atoms with Crippen LogP contribution in [-0.4, -0.2) is 63.4 Å². The predicted octanol–water partition coefficient (Wildman–Crippen LogP) is 3.44. The SMILES string of the molecule is CCC(C1(c2ccc(F)c(F)c2)CCN(C(=O)c2cc(OC)c(OC)c(OC)c2)C1)S(=O)(=O)O. The molecule has 186 valence electrons. The number of carbonyl (C=O) groups excluding carboxylic acids is 1. The second kappa shape index (κ2) is 9.75. The van der Waals surface area contributed by atoms with Gasteiger partial charge in [0.1, 0.15) is 0 Å². The summed E-state index contributed by atoms with van der Waals surface area (Å²) in [7, 11) is -0.333. The molecule has 1 heterocycles. The van der Waals surface area contributed by atoms with Gasteiger partial charge in [0.05, 0.1) is 26.6 Å². The van der Waals surface area contributed by atoms with Gasteiger partial charge < -0.3 is 19.1 Å². The van der Waals surface area contributed by atoms with E-state index in [0.29, 0.717) is 5.75 Å². The number of rotatable bonds is 8. The van der Waals surface area contributed by atoms with Crippen LogP contribution in [0.3, 0.4) is 0 Å². The van der Waals surface area contributed by atoms with Gasteiger partial charge in [0.15, 0.2) is 23.1 Å². The summed E-state index contributed by atoms with van der Waals surface area (Å²) in [4.78, 5) is 14.8. The summed E-state index contributed by atoms with van der Waals surface area (Å²) in [6.45, 7) is 1.57. The highest BCUT2D eigenvalue weighted by atomic mass is 32.2. The Morgan fingerprint density at radius 1 is 1.09 bits per heavy atom. The van der Waals surface area contributed by atoms with E-state index in [2.05, 4.69) is 0 Å². The molecule has 0 spiro atoms. The van der Waals surface area contributed by atoms with Crippen LogP contribution in [0, 0.1) is 11.6 Å². The van der Waals surface area contributed by atoms with Gasteiger partial charge in [-0.2, -0.15) is 8.42 Å². The third kappa shape index (κ3) is 4.54. The fourth-order valence-corrected chi connectivity index (χ4v) is 6.09. The number of nitrogens with zero attached hydrogens (tertiary/aromatic N) is 1. The lowest BCUT2D eigenvalue weighted by atomic mass is 9.75. The maximum Gasteiger partial charge on any atom is 0.268 e. The molecule has 0 saturated carbocycles. The van der Waals surface area contributed by atoms with E-state index in [1.807, 2.05) is 0 Å². The first-order valence-corrected chi connectivity index (χ1v) is 12.0. The minimum absolute atomic E-state index is 0.00401. The first-order chi connectivity index (χ1) is 16.0. The number of ether oxygens (including phenoxy) is 3. The quantitative estimate of drug-likeness (QED) is 0.555. The summed E-state index contributed by atoms with van der Waals surface area (Å²) in [6.07, 6.45) is 0.122. The Kier molecular flexibility index (Phi) is 7.37. The van der Waals surface area contributed by atoms with E-state index in [1.54, 1.807) is 6.92 Å². The smallest absolute Gasteiger partial charge is 0.268 e. The van der Waals surface area contributed by atoms with Crippen molar-refractivity contribution in [3.63, 3.8) is 0 Å². The molecule has 2 atom stereocenters. The van der Waals surface area contributed by atoms with Crippen LogP contribution in [0.1, 0.15) is 35.7 Å². The molecule has 1 N–H and O–H groups in total. The van der Waals surface area contributed by atoms with E-state index >= 15 is 0 Å². The van der Waals surface area contributed by atoms with Gasteiger partial charge in [0, 0.05) is 24.1 Å². The first kappa shape index (κ1) is 25.7. The van der Waals surface area contributed by atoms with Gasteiger partial charge in [-0.25, -0.2) is 8.78 Å². The lowest BCUT2D eigenvalue weighted by molar-refractivity contribution is 0.0781. The molecule has 1 fully saturated rings. The van der Waals surface area contributed by atoms with E-state index in [4.69, 9.17) is 14.2 Å². The number of amides is 1. The molecule has 1 amide bonds. The minimum Gasteiger partial charge on any atom is -0.493 e. The molecule has 3 rings (SSSR count). The molecule has 0 aliphatic carbocycles. The average molecular weight is 500 g/mol. The third-order valence-electron chi connectivity index (χ3n) is 6.34. The number of hydrogen-bond donors (Lipinski definition) is 1. The molecular formula is C23H27F2NO7S. The van der Waals surface area contributed by atoms with E-state index in [1.165, 1.54) is 44.4 Å². The van der Waals surface area contributed by atoms with Crippen molar-refractivity contribution in [1.82, 2.24) is 4.90 Å². The van der Waals surface area contributed by atoms with Crippen molar-refractivity contribution >= 4 is 16.0 Å². The molecule has 2 aromatic rings. The van der Waals surface area contributed by atoms with Gasteiger partial charge >= 0.3 is 0 Å². The highest BCUT2D eigenvalue weighted by Gasteiger charge is 2.51. The van der Waals surface area contributed by atoms with Gasteiger partial charge in [-0.3, -0.25) is 9.35 Å². The van der Waals surface area contributed by atoms with Crippen LogP contribution < -0.4 is 14.2 Å².